The number of imidazole rings is 1. The molecule has 0 aliphatic carbocycles. The molecule has 27 heavy (non-hydrogen) atoms. The molecule has 0 saturated heterocycles. The number of hydrogen-bond acceptors (Lipinski definition) is 2. The first-order chi connectivity index (χ1) is 13.2. The van der Waals surface area contributed by atoms with E-state index in [1.807, 2.05) is 36.7 Å². The third kappa shape index (κ3) is 2.87. The van der Waals surface area contributed by atoms with E-state index in [-0.39, 0.29) is 0 Å². The van der Waals surface area contributed by atoms with Crippen LogP contribution in [0.15, 0.2) is 88.1 Å². The number of halogens is 2. The highest BCUT2D eigenvalue weighted by molar-refractivity contribution is 9.10. The molecule has 130 valence electrons. The summed E-state index contributed by atoms with van der Waals surface area (Å²) >= 11 is 7.04. The lowest BCUT2D eigenvalue weighted by Gasteiger charge is -2.07. The monoisotopic (exact) mass is 477 g/mol. The van der Waals surface area contributed by atoms with Gasteiger partial charge in [-0.1, -0.05) is 68.3 Å². The molecule has 3 aromatic carbocycles. The SMILES string of the molecule is Brc1ccc(-c2nc3c4ccccc4ncn3c2-c2ccc(Br)cc2)cc1. The molecule has 0 fully saturated rings. The van der Waals surface area contributed by atoms with Crippen LogP contribution in [0.2, 0.25) is 0 Å². The molecule has 0 spiro atoms. The van der Waals surface area contributed by atoms with E-state index >= 15 is 0 Å². The molecule has 0 unspecified atom stereocenters. The summed E-state index contributed by atoms with van der Waals surface area (Å²) < 4.78 is 4.18. The lowest BCUT2D eigenvalue weighted by atomic mass is 10.1. The van der Waals surface area contributed by atoms with E-state index in [0.29, 0.717) is 0 Å². The highest BCUT2D eigenvalue weighted by atomic mass is 79.9. The van der Waals surface area contributed by atoms with Gasteiger partial charge in [0.15, 0.2) is 0 Å². The third-order valence-corrected chi connectivity index (χ3v) is 5.66. The van der Waals surface area contributed by atoms with E-state index in [1.54, 1.807) is 0 Å². The number of fused-ring (bicyclic) bond motifs is 3. The second kappa shape index (κ2) is 6.59. The van der Waals surface area contributed by atoms with Crippen LogP contribution in [-0.4, -0.2) is 14.4 Å². The number of para-hydroxylation sites is 1. The fraction of sp³-hybridized carbons (Fsp3) is 0. The standard InChI is InChI=1S/C22H13Br2N3/c23-16-9-5-14(6-10-16)20-21(15-7-11-17(24)12-8-15)27-13-25-19-4-2-1-3-18(19)22(27)26-20/h1-13H. The fourth-order valence-electron chi connectivity index (χ4n) is 3.32. The van der Waals surface area contributed by atoms with Crippen molar-refractivity contribution in [1.82, 2.24) is 14.4 Å². The van der Waals surface area contributed by atoms with Crippen LogP contribution in [0.25, 0.3) is 39.1 Å². The van der Waals surface area contributed by atoms with Gasteiger partial charge in [0.2, 0.25) is 0 Å². The first-order valence-electron chi connectivity index (χ1n) is 8.48. The second-order valence-corrected chi connectivity index (χ2v) is 8.11. The minimum atomic E-state index is 0.913. The molecule has 0 saturated carbocycles. The Morgan fingerprint density at radius 2 is 1.33 bits per heavy atom. The van der Waals surface area contributed by atoms with Gasteiger partial charge in [-0.25, -0.2) is 9.97 Å². The highest BCUT2D eigenvalue weighted by Gasteiger charge is 2.18. The fourth-order valence-corrected chi connectivity index (χ4v) is 3.85. The van der Waals surface area contributed by atoms with Gasteiger partial charge in [0.05, 0.1) is 16.9 Å². The van der Waals surface area contributed by atoms with Crippen LogP contribution in [-0.2, 0) is 0 Å². The molecule has 0 bridgehead atoms. The lowest BCUT2D eigenvalue weighted by Crippen LogP contribution is -1.92. The molecule has 0 atom stereocenters. The third-order valence-electron chi connectivity index (χ3n) is 4.60. The van der Waals surface area contributed by atoms with Gasteiger partial charge >= 0.3 is 0 Å². The minimum absolute atomic E-state index is 0.913. The van der Waals surface area contributed by atoms with Gasteiger partial charge in [-0.15, -0.1) is 0 Å². The quantitative estimate of drug-likeness (QED) is 0.281. The average molecular weight is 479 g/mol. The first-order valence-corrected chi connectivity index (χ1v) is 10.1. The Balaban J connectivity index is 1.88. The van der Waals surface area contributed by atoms with Gasteiger partial charge < -0.3 is 0 Å². The Kier molecular flexibility index (Phi) is 4.06. The van der Waals surface area contributed by atoms with Gasteiger partial charge in [-0.3, -0.25) is 4.40 Å². The maximum atomic E-state index is 5.04. The normalized spacial score (nSPS) is 11.3. The number of benzene rings is 3. The zero-order chi connectivity index (χ0) is 18.4. The maximum Gasteiger partial charge on any atom is 0.148 e. The number of hydrogen-bond donors (Lipinski definition) is 0. The van der Waals surface area contributed by atoms with E-state index in [1.165, 1.54) is 0 Å². The topological polar surface area (TPSA) is 30.2 Å². The number of nitrogens with zero attached hydrogens (tertiary/aromatic N) is 3. The van der Waals surface area contributed by atoms with Gasteiger partial charge in [0.25, 0.3) is 0 Å². The largest absolute Gasteiger partial charge is 0.282 e. The van der Waals surface area contributed by atoms with Crippen molar-refractivity contribution in [2.24, 2.45) is 0 Å². The van der Waals surface area contributed by atoms with E-state index < -0.39 is 0 Å². The van der Waals surface area contributed by atoms with E-state index in [9.17, 15) is 0 Å². The van der Waals surface area contributed by atoms with Gasteiger partial charge in [-0.2, -0.15) is 0 Å². The lowest BCUT2D eigenvalue weighted by molar-refractivity contribution is 1.12. The molecule has 2 aromatic heterocycles. The van der Waals surface area contributed by atoms with Gasteiger partial charge in [0.1, 0.15) is 12.0 Å². The Labute approximate surface area is 173 Å². The summed E-state index contributed by atoms with van der Waals surface area (Å²) in [6, 6.07) is 24.7. The molecule has 0 aliphatic heterocycles. The average Bonchev–Trinajstić information content (AvgIpc) is 3.09. The summed E-state index contributed by atoms with van der Waals surface area (Å²) in [5.74, 6) is 0. The Morgan fingerprint density at radius 1 is 0.704 bits per heavy atom. The van der Waals surface area contributed by atoms with E-state index in [4.69, 9.17) is 4.98 Å². The zero-order valence-electron chi connectivity index (χ0n) is 14.1. The van der Waals surface area contributed by atoms with Gasteiger partial charge in [0, 0.05) is 25.5 Å². The van der Waals surface area contributed by atoms with E-state index in [2.05, 4.69) is 83.7 Å². The second-order valence-electron chi connectivity index (χ2n) is 6.28. The van der Waals surface area contributed by atoms with Gasteiger partial charge in [-0.05, 0) is 36.4 Å². The van der Waals surface area contributed by atoms with Crippen LogP contribution in [0.4, 0.5) is 0 Å². The first kappa shape index (κ1) is 16.7. The molecule has 0 N–H and O–H groups in total. The molecule has 0 aliphatic rings. The summed E-state index contributed by atoms with van der Waals surface area (Å²) in [6.45, 7) is 0. The molecule has 2 heterocycles. The van der Waals surface area contributed by atoms with Crippen LogP contribution < -0.4 is 0 Å². The van der Waals surface area contributed by atoms with Crippen LogP contribution in [0, 0.1) is 0 Å². The van der Waals surface area contributed by atoms with Crippen molar-refractivity contribution in [3.8, 4) is 22.5 Å². The molecule has 3 nitrogen and oxygen atoms in total. The molecule has 5 rings (SSSR count). The van der Waals surface area contributed by atoms with E-state index in [0.717, 1.165) is 48.0 Å². The Morgan fingerprint density at radius 3 is 2.04 bits per heavy atom. The smallest absolute Gasteiger partial charge is 0.148 e. The highest BCUT2D eigenvalue weighted by Crippen LogP contribution is 2.35. The van der Waals surface area contributed by atoms with Crippen LogP contribution in [0.5, 0.6) is 0 Å². The van der Waals surface area contributed by atoms with Crippen LogP contribution >= 0.6 is 31.9 Å². The number of aromatic nitrogens is 3. The summed E-state index contributed by atoms with van der Waals surface area (Å²) in [5.41, 5.74) is 6.02. The maximum absolute atomic E-state index is 5.04. The molecule has 5 heteroatoms. The molecular weight excluding hydrogens is 466 g/mol. The summed E-state index contributed by atoms with van der Waals surface area (Å²) in [4.78, 5) is 9.68. The molecule has 0 radical (unpaired) electrons. The predicted molar refractivity (Wildman–Crippen MR) is 117 cm³/mol. The van der Waals surface area contributed by atoms with Crippen molar-refractivity contribution < 1.29 is 0 Å². The minimum Gasteiger partial charge on any atom is -0.282 e. The summed E-state index contributed by atoms with van der Waals surface area (Å²) in [7, 11) is 0. The van der Waals surface area contributed by atoms with Crippen molar-refractivity contribution in [3.63, 3.8) is 0 Å². The molecule has 0 amide bonds. The summed E-state index contributed by atoms with van der Waals surface area (Å²) in [6.07, 6.45) is 1.87. The zero-order valence-corrected chi connectivity index (χ0v) is 17.3. The van der Waals surface area contributed by atoms with Crippen molar-refractivity contribution in [2.75, 3.05) is 0 Å². The molecular formula is C22H13Br2N3. The van der Waals surface area contributed by atoms with Crippen molar-refractivity contribution in [1.29, 1.82) is 0 Å². The predicted octanol–water partition coefficient (Wildman–Crippen LogP) is 6.74. The Bertz CT molecular complexity index is 1270. The number of rotatable bonds is 2. The van der Waals surface area contributed by atoms with Crippen molar-refractivity contribution in [3.05, 3.63) is 88.1 Å². The van der Waals surface area contributed by atoms with Crippen LogP contribution in [0.1, 0.15) is 0 Å². The van der Waals surface area contributed by atoms with Crippen molar-refractivity contribution >= 4 is 48.4 Å². The Hall–Kier alpha value is -2.50. The molecule has 5 aromatic rings. The van der Waals surface area contributed by atoms with Crippen molar-refractivity contribution in [2.45, 2.75) is 0 Å². The van der Waals surface area contributed by atoms with Crippen LogP contribution in [0.3, 0.4) is 0 Å². The summed E-state index contributed by atoms with van der Waals surface area (Å²) in [5, 5.41) is 1.04.